The van der Waals surface area contributed by atoms with E-state index in [1.165, 1.54) is 18.3 Å². The van der Waals surface area contributed by atoms with Gasteiger partial charge in [-0.25, -0.2) is 0 Å². The van der Waals surface area contributed by atoms with Crippen molar-refractivity contribution in [2.45, 2.75) is 0 Å². The highest BCUT2D eigenvalue weighted by Gasteiger charge is 2.00. The molecule has 1 radical (unpaired) electrons. The third-order valence-electron chi connectivity index (χ3n) is 0.777. The molecule has 4 heteroatoms. The quantitative estimate of drug-likeness (QED) is 0.409. The van der Waals surface area contributed by atoms with Crippen LogP contribution in [0.25, 0.3) is 0 Å². The van der Waals surface area contributed by atoms with E-state index in [2.05, 4.69) is 11.1 Å². The molecule has 0 aliphatic rings. The highest BCUT2D eigenvalue weighted by Crippen LogP contribution is 2.00. The lowest BCUT2D eigenvalue weighted by molar-refractivity contribution is -0.389. The Kier molecular flexibility index (Phi) is 1.40. The van der Waals surface area contributed by atoms with E-state index in [1.807, 2.05) is 0 Å². The lowest BCUT2D eigenvalue weighted by Crippen LogP contribution is -1.89. The average molecular weight is 123 g/mol. The first-order valence-corrected chi connectivity index (χ1v) is 2.27. The summed E-state index contributed by atoms with van der Waals surface area (Å²) in [6, 6.07) is 5.27. The van der Waals surface area contributed by atoms with Crippen molar-refractivity contribution in [2.24, 2.45) is 0 Å². The van der Waals surface area contributed by atoms with Gasteiger partial charge in [0.2, 0.25) is 0 Å². The van der Waals surface area contributed by atoms with Crippen molar-refractivity contribution in [3.05, 3.63) is 34.5 Å². The number of pyridine rings is 1. The number of rotatable bonds is 1. The van der Waals surface area contributed by atoms with Gasteiger partial charge < -0.3 is 10.1 Å². The summed E-state index contributed by atoms with van der Waals surface area (Å²) in [6.07, 6.45) is 1.33. The molecule has 0 aliphatic heterocycles. The van der Waals surface area contributed by atoms with Gasteiger partial charge in [-0.1, -0.05) is 0 Å². The van der Waals surface area contributed by atoms with Crippen molar-refractivity contribution < 1.29 is 4.92 Å². The number of hydrogen-bond donors (Lipinski definition) is 0. The van der Waals surface area contributed by atoms with Gasteiger partial charge in [0.25, 0.3) is 0 Å². The summed E-state index contributed by atoms with van der Waals surface area (Å²) in [6.45, 7) is 0. The van der Waals surface area contributed by atoms with Gasteiger partial charge in [0.15, 0.2) is 0 Å². The minimum absolute atomic E-state index is 0.169. The summed E-state index contributed by atoms with van der Waals surface area (Å²) in [5.74, 6) is -0.169. The highest BCUT2D eigenvalue weighted by molar-refractivity contribution is 5.15. The van der Waals surface area contributed by atoms with Crippen LogP contribution in [0.4, 0.5) is 5.82 Å². The monoisotopic (exact) mass is 123 g/mol. The Labute approximate surface area is 51.3 Å². The molecule has 0 atom stereocenters. The van der Waals surface area contributed by atoms with Crippen LogP contribution in [-0.4, -0.2) is 9.91 Å². The van der Waals surface area contributed by atoms with Gasteiger partial charge in [-0.15, -0.1) is 0 Å². The lowest BCUT2D eigenvalue weighted by atomic mass is 10.5. The largest absolute Gasteiger partial charge is 0.364 e. The van der Waals surface area contributed by atoms with Gasteiger partial charge in [-0.2, -0.15) is 0 Å². The fourth-order valence-electron chi connectivity index (χ4n) is 0.416. The van der Waals surface area contributed by atoms with Crippen LogP contribution >= 0.6 is 0 Å². The summed E-state index contributed by atoms with van der Waals surface area (Å²) in [5, 5.41) is 9.92. The van der Waals surface area contributed by atoms with Gasteiger partial charge in [-0.3, -0.25) is 0 Å². The van der Waals surface area contributed by atoms with Crippen LogP contribution < -0.4 is 0 Å². The topological polar surface area (TPSA) is 56.0 Å². The Hall–Kier alpha value is -1.45. The second kappa shape index (κ2) is 2.21. The van der Waals surface area contributed by atoms with Crippen LogP contribution in [0, 0.1) is 16.2 Å². The normalized spacial score (nSPS) is 8.89. The third-order valence-corrected chi connectivity index (χ3v) is 0.777. The Balaban J connectivity index is 2.98. The first kappa shape index (κ1) is 5.68. The summed E-state index contributed by atoms with van der Waals surface area (Å²) < 4.78 is 0. The fourth-order valence-corrected chi connectivity index (χ4v) is 0.416. The third kappa shape index (κ3) is 1.22. The van der Waals surface area contributed by atoms with E-state index in [4.69, 9.17) is 0 Å². The SMILES string of the molecule is O=[N+]([O-])c1c[c]ccn1. The van der Waals surface area contributed by atoms with Gasteiger partial charge in [0.1, 0.15) is 6.20 Å². The molecule has 1 aromatic heterocycles. The maximum absolute atomic E-state index is 9.92. The second-order valence-corrected chi connectivity index (χ2v) is 1.37. The van der Waals surface area contributed by atoms with E-state index in [1.54, 1.807) is 0 Å². The highest BCUT2D eigenvalue weighted by atomic mass is 16.6. The fraction of sp³-hybridized carbons (Fsp3) is 0. The van der Waals surface area contributed by atoms with Crippen molar-refractivity contribution in [3.63, 3.8) is 0 Å². The van der Waals surface area contributed by atoms with Crippen LogP contribution in [0.15, 0.2) is 18.3 Å². The van der Waals surface area contributed by atoms with Crippen molar-refractivity contribution in [1.29, 1.82) is 0 Å². The van der Waals surface area contributed by atoms with E-state index in [-0.39, 0.29) is 5.82 Å². The Morgan fingerprint density at radius 1 is 1.78 bits per heavy atom. The van der Waals surface area contributed by atoms with E-state index >= 15 is 0 Å². The van der Waals surface area contributed by atoms with Crippen LogP contribution in [0.1, 0.15) is 0 Å². The van der Waals surface area contributed by atoms with Gasteiger partial charge in [-0.05, 0) is 22.0 Å². The molecule has 1 rings (SSSR count). The summed E-state index contributed by atoms with van der Waals surface area (Å²) >= 11 is 0. The van der Waals surface area contributed by atoms with Gasteiger partial charge in [0.05, 0.1) is 0 Å². The standard InChI is InChI=1S/C5H3N2O2/c8-7(9)5-3-1-2-4-6-5/h2-4H. The van der Waals surface area contributed by atoms with Crippen LogP contribution in [0.5, 0.6) is 0 Å². The lowest BCUT2D eigenvalue weighted by Gasteiger charge is -1.86. The Bertz CT molecular complexity index is 209. The maximum Gasteiger partial charge on any atom is 0.364 e. The van der Waals surface area contributed by atoms with Crippen LogP contribution in [0.2, 0.25) is 0 Å². The molecule has 0 amide bonds. The van der Waals surface area contributed by atoms with Crippen molar-refractivity contribution >= 4 is 5.82 Å². The molecule has 0 saturated heterocycles. The van der Waals surface area contributed by atoms with Crippen molar-refractivity contribution in [2.75, 3.05) is 0 Å². The van der Waals surface area contributed by atoms with Gasteiger partial charge in [0, 0.05) is 6.07 Å². The molecule has 0 spiro atoms. The predicted octanol–water partition coefficient (Wildman–Crippen LogP) is 0.790. The molecule has 1 heterocycles. The van der Waals surface area contributed by atoms with E-state index in [0.29, 0.717) is 0 Å². The molecule has 1 aromatic rings. The number of hydrogen-bond acceptors (Lipinski definition) is 3. The van der Waals surface area contributed by atoms with Crippen molar-refractivity contribution in [3.8, 4) is 0 Å². The molecular weight excluding hydrogens is 120 g/mol. The molecule has 0 aliphatic carbocycles. The molecular formula is C5H3N2O2. The minimum Gasteiger partial charge on any atom is -0.358 e. The molecule has 0 bridgehead atoms. The number of aromatic nitrogens is 1. The van der Waals surface area contributed by atoms with Crippen LogP contribution in [0.3, 0.4) is 0 Å². The molecule has 0 unspecified atom stereocenters. The number of nitrogens with zero attached hydrogens (tertiary/aromatic N) is 2. The molecule has 4 nitrogen and oxygen atoms in total. The second-order valence-electron chi connectivity index (χ2n) is 1.37. The zero-order chi connectivity index (χ0) is 6.69. The molecule has 45 valence electrons. The zero-order valence-corrected chi connectivity index (χ0v) is 4.44. The summed E-state index contributed by atoms with van der Waals surface area (Å²) in [5.41, 5.74) is 0. The van der Waals surface area contributed by atoms with E-state index in [0.717, 1.165) is 0 Å². The smallest absolute Gasteiger partial charge is 0.358 e. The molecule has 0 fully saturated rings. The van der Waals surface area contributed by atoms with Gasteiger partial charge >= 0.3 is 5.82 Å². The molecule has 0 N–H and O–H groups in total. The maximum atomic E-state index is 9.92. The Morgan fingerprint density at radius 3 is 2.89 bits per heavy atom. The average Bonchev–Trinajstić information content (AvgIpc) is 1.90. The van der Waals surface area contributed by atoms with Crippen molar-refractivity contribution in [1.82, 2.24) is 4.98 Å². The van der Waals surface area contributed by atoms with Crippen LogP contribution in [-0.2, 0) is 0 Å². The molecule has 0 aromatic carbocycles. The Morgan fingerprint density at radius 2 is 2.56 bits per heavy atom. The summed E-state index contributed by atoms with van der Waals surface area (Å²) in [7, 11) is 0. The minimum atomic E-state index is -0.559. The summed E-state index contributed by atoms with van der Waals surface area (Å²) in [4.78, 5) is 12.8. The first-order chi connectivity index (χ1) is 4.30. The number of nitro groups is 1. The molecule has 9 heavy (non-hydrogen) atoms. The zero-order valence-electron chi connectivity index (χ0n) is 4.44. The van der Waals surface area contributed by atoms with E-state index in [9.17, 15) is 10.1 Å². The predicted molar refractivity (Wildman–Crippen MR) is 29.7 cm³/mol. The molecule has 0 saturated carbocycles. The van der Waals surface area contributed by atoms with E-state index < -0.39 is 4.92 Å². The first-order valence-electron chi connectivity index (χ1n) is 2.27.